The molecule has 26 heavy (non-hydrogen) atoms. The van der Waals surface area contributed by atoms with Gasteiger partial charge in [-0.25, -0.2) is 13.2 Å². The molecule has 0 spiro atoms. The van der Waals surface area contributed by atoms with E-state index >= 15 is 0 Å². The molecule has 3 fully saturated rings. The number of rotatable bonds is 2. The fraction of sp³-hybridized carbons (Fsp3) is 0.652. The van der Waals surface area contributed by atoms with Crippen molar-refractivity contribution in [3.63, 3.8) is 0 Å². The molecule has 0 N–H and O–H groups in total. The summed E-state index contributed by atoms with van der Waals surface area (Å²) >= 11 is 0. The summed E-state index contributed by atoms with van der Waals surface area (Å²) in [4.78, 5) is 0. The molecule has 1 aromatic carbocycles. The van der Waals surface area contributed by atoms with E-state index in [2.05, 4.69) is 19.1 Å². The summed E-state index contributed by atoms with van der Waals surface area (Å²) < 4.78 is 40.5. The Labute approximate surface area is 154 Å². The first-order valence-electron chi connectivity index (χ1n) is 10.3. The van der Waals surface area contributed by atoms with Crippen LogP contribution >= 0.6 is 0 Å². The van der Waals surface area contributed by atoms with E-state index in [4.69, 9.17) is 0 Å². The summed E-state index contributed by atoms with van der Waals surface area (Å²) in [6, 6.07) is 2.44. The van der Waals surface area contributed by atoms with Crippen LogP contribution in [-0.4, -0.2) is 0 Å². The highest BCUT2D eigenvalue weighted by molar-refractivity contribution is 5.24. The first-order chi connectivity index (χ1) is 12.6. The van der Waals surface area contributed by atoms with Crippen LogP contribution in [0.2, 0.25) is 0 Å². The molecule has 1 aromatic rings. The highest BCUT2D eigenvalue weighted by atomic mass is 19.2. The third-order valence-electron chi connectivity index (χ3n) is 7.52. The minimum Gasteiger partial charge on any atom is -0.204 e. The Hall–Kier alpha value is -1.25. The molecule has 0 bridgehead atoms. The lowest BCUT2D eigenvalue weighted by atomic mass is 9.55. The highest BCUT2D eigenvalue weighted by Gasteiger charge is 2.44. The highest BCUT2D eigenvalue weighted by Crippen LogP contribution is 2.54. The number of halogens is 3. The van der Waals surface area contributed by atoms with Gasteiger partial charge in [0.2, 0.25) is 0 Å². The maximum atomic E-state index is 13.6. The minimum absolute atomic E-state index is 0.178. The molecule has 6 unspecified atom stereocenters. The zero-order valence-electron chi connectivity index (χ0n) is 15.6. The second-order valence-corrected chi connectivity index (χ2v) is 8.83. The third kappa shape index (κ3) is 3.34. The van der Waals surface area contributed by atoms with Gasteiger partial charge in [-0.1, -0.05) is 12.2 Å². The van der Waals surface area contributed by atoms with Crippen LogP contribution < -0.4 is 0 Å². The van der Waals surface area contributed by atoms with Gasteiger partial charge in [0.15, 0.2) is 17.5 Å². The number of hydrogen-bond acceptors (Lipinski definition) is 0. The van der Waals surface area contributed by atoms with Crippen molar-refractivity contribution in [2.24, 2.45) is 29.6 Å². The third-order valence-corrected chi connectivity index (χ3v) is 7.52. The molecule has 4 rings (SSSR count). The van der Waals surface area contributed by atoms with Crippen molar-refractivity contribution < 1.29 is 13.2 Å². The second-order valence-electron chi connectivity index (χ2n) is 8.83. The Morgan fingerprint density at radius 2 is 1.42 bits per heavy atom. The van der Waals surface area contributed by atoms with Crippen molar-refractivity contribution in [3.05, 3.63) is 47.3 Å². The largest absolute Gasteiger partial charge is 0.204 e. The van der Waals surface area contributed by atoms with Crippen LogP contribution in [0.4, 0.5) is 13.2 Å². The molecule has 3 aliphatic rings. The summed E-state index contributed by atoms with van der Waals surface area (Å²) in [5, 5.41) is 0. The summed E-state index contributed by atoms with van der Waals surface area (Å²) in [5.41, 5.74) is 0.652. The Kier molecular flexibility index (Phi) is 5.16. The Balaban J connectivity index is 1.45. The number of hydrogen-bond donors (Lipinski definition) is 0. The van der Waals surface area contributed by atoms with E-state index in [1.54, 1.807) is 0 Å². The zero-order chi connectivity index (χ0) is 18.3. The molecule has 0 heterocycles. The molecule has 3 saturated carbocycles. The van der Waals surface area contributed by atoms with Crippen LogP contribution in [0.25, 0.3) is 0 Å². The Morgan fingerprint density at radius 3 is 2.08 bits per heavy atom. The van der Waals surface area contributed by atoms with Gasteiger partial charge < -0.3 is 0 Å². The zero-order valence-corrected chi connectivity index (χ0v) is 15.6. The van der Waals surface area contributed by atoms with Gasteiger partial charge in [0.05, 0.1) is 0 Å². The fourth-order valence-corrected chi connectivity index (χ4v) is 6.39. The lowest BCUT2D eigenvalue weighted by Gasteiger charge is -2.50. The van der Waals surface area contributed by atoms with Gasteiger partial charge in [-0.15, -0.1) is 0 Å². The van der Waals surface area contributed by atoms with Crippen molar-refractivity contribution in [2.45, 2.75) is 64.2 Å². The first-order valence-corrected chi connectivity index (χ1v) is 10.3. The topological polar surface area (TPSA) is 0 Å². The molecule has 142 valence electrons. The SMILES string of the molecule is C/C=C/C1CCC2C(CCC3CC(c4cc(F)c(F)c(F)c4)CCC32)C1. The van der Waals surface area contributed by atoms with Crippen molar-refractivity contribution in [2.75, 3.05) is 0 Å². The van der Waals surface area contributed by atoms with E-state index in [9.17, 15) is 13.2 Å². The number of benzene rings is 1. The van der Waals surface area contributed by atoms with Gasteiger partial charge in [0.25, 0.3) is 0 Å². The molecule has 0 radical (unpaired) electrons. The van der Waals surface area contributed by atoms with Crippen molar-refractivity contribution in [1.29, 1.82) is 0 Å². The van der Waals surface area contributed by atoms with E-state index in [0.717, 1.165) is 42.9 Å². The standard InChI is InChI=1S/C23H29F3/c1-2-3-14-4-8-19-16(10-14)5-6-17-11-15(7-9-20(17)19)18-12-21(24)23(26)22(25)13-18/h2-3,12-17,19-20H,4-11H2,1H3/b3-2+. The summed E-state index contributed by atoms with van der Waals surface area (Å²) in [7, 11) is 0. The molecule has 0 aliphatic heterocycles. The normalized spacial score (nSPS) is 37.4. The predicted molar refractivity (Wildman–Crippen MR) is 98.3 cm³/mol. The summed E-state index contributed by atoms with van der Waals surface area (Å²) in [5.74, 6) is 0.663. The molecule has 0 amide bonds. The summed E-state index contributed by atoms with van der Waals surface area (Å²) in [6.45, 7) is 2.12. The molecule has 3 heteroatoms. The molecule has 3 aliphatic carbocycles. The lowest BCUT2D eigenvalue weighted by molar-refractivity contribution is 0.0127. The van der Waals surface area contributed by atoms with E-state index < -0.39 is 17.5 Å². The van der Waals surface area contributed by atoms with Crippen LogP contribution in [0.3, 0.4) is 0 Å². The van der Waals surface area contributed by atoms with Crippen molar-refractivity contribution >= 4 is 0 Å². The molecule has 0 aromatic heterocycles. The van der Waals surface area contributed by atoms with Crippen LogP contribution in [0.15, 0.2) is 24.3 Å². The molecule has 0 saturated heterocycles. The summed E-state index contributed by atoms with van der Waals surface area (Å²) in [6.07, 6.45) is 14.3. The van der Waals surface area contributed by atoms with Gasteiger partial charge in [-0.3, -0.25) is 0 Å². The second kappa shape index (κ2) is 7.40. The molecular weight excluding hydrogens is 333 g/mol. The van der Waals surface area contributed by atoms with Crippen LogP contribution in [0, 0.1) is 47.0 Å². The monoisotopic (exact) mass is 362 g/mol. The van der Waals surface area contributed by atoms with Crippen molar-refractivity contribution in [3.8, 4) is 0 Å². The van der Waals surface area contributed by atoms with Gasteiger partial charge >= 0.3 is 0 Å². The average Bonchev–Trinajstić information content (AvgIpc) is 2.65. The van der Waals surface area contributed by atoms with Gasteiger partial charge in [0.1, 0.15) is 0 Å². The van der Waals surface area contributed by atoms with Crippen molar-refractivity contribution in [1.82, 2.24) is 0 Å². The fourth-order valence-electron chi connectivity index (χ4n) is 6.39. The van der Waals surface area contributed by atoms with Gasteiger partial charge in [0, 0.05) is 0 Å². The number of fused-ring (bicyclic) bond motifs is 3. The number of allylic oxidation sites excluding steroid dienone is 2. The Bertz CT molecular complexity index is 657. The van der Waals surface area contributed by atoms with Gasteiger partial charge in [-0.2, -0.15) is 0 Å². The average molecular weight is 362 g/mol. The predicted octanol–water partition coefficient (Wildman–Crippen LogP) is 7.01. The molecule has 0 nitrogen and oxygen atoms in total. The van der Waals surface area contributed by atoms with Crippen LogP contribution in [-0.2, 0) is 0 Å². The Morgan fingerprint density at radius 1 is 0.808 bits per heavy atom. The lowest BCUT2D eigenvalue weighted by Crippen LogP contribution is -2.41. The van der Waals surface area contributed by atoms with Crippen LogP contribution in [0.1, 0.15) is 69.8 Å². The minimum atomic E-state index is -1.35. The van der Waals surface area contributed by atoms with E-state index in [-0.39, 0.29) is 5.92 Å². The first kappa shape index (κ1) is 18.1. The molecule has 6 atom stereocenters. The van der Waals surface area contributed by atoms with E-state index in [1.165, 1.54) is 44.2 Å². The smallest absolute Gasteiger partial charge is 0.194 e. The quantitative estimate of drug-likeness (QED) is 0.392. The maximum absolute atomic E-state index is 13.6. The van der Waals surface area contributed by atoms with Crippen LogP contribution in [0.5, 0.6) is 0 Å². The van der Waals surface area contributed by atoms with E-state index in [0.29, 0.717) is 11.5 Å². The van der Waals surface area contributed by atoms with E-state index in [1.807, 2.05) is 0 Å². The maximum Gasteiger partial charge on any atom is 0.194 e. The van der Waals surface area contributed by atoms with Gasteiger partial charge in [-0.05, 0) is 111 Å². The molecular formula is C23H29F3.